The van der Waals surface area contributed by atoms with Crippen LogP contribution in [-0.2, 0) is 27.1 Å². The number of hydrogen-bond acceptors (Lipinski definition) is 7. The van der Waals surface area contributed by atoms with Gasteiger partial charge in [-0.15, -0.1) is 0 Å². The topological polar surface area (TPSA) is 115 Å². The number of rotatable bonds is 9. The van der Waals surface area contributed by atoms with E-state index < -0.39 is 15.9 Å². The molecule has 1 aromatic heterocycles. The minimum atomic E-state index is -3.82. The van der Waals surface area contributed by atoms with Gasteiger partial charge in [0, 0.05) is 29.3 Å². The van der Waals surface area contributed by atoms with Crippen LogP contribution in [0.25, 0.3) is 10.9 Å². The molecule has 0 spiro atoms. The predicted octanol–water partition coefficient (Wildman–Crippen LogP) is 3.86. The monoisotopic (exact) mass is 511 g/mol. The van der Waals surface area contributed by atoms with E-state index in [0.29, 0.717) is 58.0 Å². The number of hydrogen-bond donors (Lipinski definition) is 1. The zero-order valence-electron chi connectivity index (χ0n) is 20.8. The van der Waals surface area contributed by atoms with Gasteiger partial charge in [-0.1, -0.05) is 19.1 Å². The van der Waals surface area contributed by atoms with Crippen molar-refractivity contribution < 1.29 is 27.5 Å². The van der Waals surface area contributed by atoms with Crippen LogP contribution in [0, 0.1) is 6.92 Å². The number of carbonyl (C=O) groups is 2. The molecule has 1 aliphatic rings. The number of nitrogens with zero attached hydrogens (tertiary/aromatic N) is 2. The summed E-state index contributed by atoms with van der Waals surface area (Å²) < 4.78 is 38.6. The molecule has 10 heteroatoms. The van der Waals surface area contributed by atoms with E-state index in [-0.39, 0.29) is 24.6 Å². The second-order valence-corrected chi connectivity index (χ2v) is 10.1. The van der Waals surface area contributed by atoms with Crippen LogP contribution in [0.2, 0.25) is 0 Å². The minimum Gasteiger partial charge on any atom is -0.492 e. The van der Waals surface area contributed by atoms with Gasteiger partial charge in [-0.2, -0.15) is 0 Å². The molecular formula is C26H29N3O6S. The Hall–Kier alpha value is -3.66. The lowest BCUT2D eigenvalue weighted by atomic mass is 10.0. The number of aromatic nitrogens is 1. The SMILES string of the molecule is CCOc1c2c(c(OCC)c3ncccc13)CN(c1ccc(CS(=O)(=O)NC(=O)CC)cc1C)C2=O. The summed E-state index contributed by atoms with van der Waals surface area (Å²) in [7, 11) is -3.82. The van der Waals surface area contributed by atoms with E-state index in [9.17, 15) is 18.0 Å². The Bertz CT molecular complexity index is 1450. The van der Waals surface area contributed by atoms with Gasteiger partial charge in [0.1, 0.15) is 11.3 Å². The molecule has 2 heterocycles. The second-order valence-electron chi connectivity index (χ2n) is 8.43. The maximum atomic E-state index is 13.7. The summed E-state index contributed by atoms with van der Waals surface area (Å²) in [6.07, 6.45) is 1.76. The second kappa shape index (κ2) is 10.1. The Balaban J connectivity index is 1.74. The smallest absolute Gasteiger partial charge is 0.262 e. The maximum Gasteiger partial charge on any atom is 0.262 e. The van der Waals surface area contributed by atoms with Crippen LogP contribution in [0.3, 0.4) is 0 Å². The third-order valence-electron chi connectivity index (χ3n) is 5.92. The fourth-order valence-corrected chi connectivity index (χ4v) is 5.62. The molecular weight excluding hydrogens is 482 g/mol. The van der Waals surface area contributed by atoms with Crippen molar-refractivity contribution in [1.82, 2.24) is 9.71 Å². The Labute approximate surface area is 210 Å². The fourth-order valence-electron chi connectivity index (χ4n) is 4.44. The summed E-state index contributed by atoms with van der Waals surface area (Å²) in [5, 5.41) is 0.711. The third kappa shape index (κ3) is 4.73. The first-order chi connectivity index (χ1) is 17.2. The van der Waals surface area contributed by atoms with Gasteiger partial charge in [0.25, 0.3) is 5.91 Å². The summed E-state index contributed by atoms with van der Waals surface area (Å²) in [5.41, 5.74) is 3.69. The van der Waals surface area contributed by atoms with E-state index in [1.807, 2.05) is 31.6 Å². The molecule has 1 aliphatic heterocycles. The first-order valence-corrected chi connectivity index (χ1v) is 13.5. The molecule has 36 heavy (non-hydrogen) atoms. The van der Waals surface area contributed by atoms with Crippen molar-refractivity contribution in [2.45, 2.75) is 46.4 Å². The van der Waals surface area contributed by atoms with Crippen LogP contribution >= 0.6 is 0 Å². The summed E-state index contributed by atoms with van der Waals surface area (Å²) in [6, 6.07) is 8.75. The molecule has 1 N–H and O–H groups in total. The first kappa shape index (κ1) is 25.4. The van der Waals surface area contributed by atoms with E-state index >= 15 is 0 Å². The van der Waals surface area contributed by atoms with Crippen LogP contribution in [0.1, 0.15) is 54.2 Å². The first-order valence-electron chi connectivity index (χ1n) is 11.8. The number of anilines is 1. The standard InChI is InChI=1S/C26H29N3O6S/c1-5-21(30)28-36(32,33)15-17-10-11-20(16(4)13-17)29-14-19-22(26(29)31)24(34-6-2)18-9-8-12-27-23(18)25(19)35-7-3/h8-13H,5-7,14-15H2,1-4H3,(H,28,30). The Kier molecular flexibility index (Phi) is 7.16. The van der Waals surface area contributed by atoms with Gasteiger partial charge in [0.05, 0.1) is 31.1 Å². The average Bonchev–Trinajstić information content (AvgIpc) is 3.17. The number of pyridine rings is 1. The number of nitrogens with one attached hydrogen (secondary N) is 1. The zero-order valence-corrected chi connectivity index (χ0v) is 21.6. The molecule has 2 aromatic carbocycles. The van der Waals surface area contributed by atoms with Crippen molar-refractivity contribution >= 4 is 38.4 Å². The van der Waals surface area contributed by atoms with Crippen LogP contribution in [-0.4, -0.2) is 38.4 Å². The van der Waals surface area contributed by atoms with Crippen LogP contribution < -0.4 is 19.1 Å². The highest BCUT2D eigenvalue weighted by atomic mass is 32.2. The summed E-state index contributed by atoms with van der Waals surface area (Å²) in [4.78, 5) is 31.4. The Morgan fingerprint density at radius 3 is 2.50 bits per heavy atom. The number of sulfonamides is 1. The van der Waals surface area contributed by atoms with E-state index in [1.165, 1.54) is 0 Å². The normalized spacial score (nSPS) is 13.1. The van der Waals surface area contributed by atoms with Crippen LogP contribution in [0.4, 0.5) is 5.69 Å². The van der Waals surface area contributed by atoms with Gasteiger partial charge in [-0.05, 0) is 50.1 Å². The largest absolute Gasteiger partial charge is 0.492 e. The summed E-state index contributed by atoms with van der Waals surface area (Å²) in [6.45, 7) is 8.21. The maximum absolute atomic E-state index is 13.7. The van der Waals surface area contributed by atoms with Crippen LogP contribution in [0.5, 0.6) is 11.5 Å². The zero-order chi connectivity index (χ0) is 26.0. The number of fused-ring (bicyclic) bond motifs is 2. The van der Waals surface area contributed by atoms with Crippen molar-refractivity contribution in [3.05, 3.63) is 58.8 Å². The molecule has 0 saturated carbocycles. The highest BCUT2D eigenvalue weighted by molar-refractivity contribution is 7.89. The van der Waals surface area contributed by atoms with E-state index in [4.69, 9.17) is 9.47 Å². The van der Waals surface area contributed by atoms with Crippen molar-refractivity contribution in [1.29, 1.82) is 0 Å². The van der Waals surface area contributed by atoms with Gasteiger partial charge in [-0.25, -0.2) is 8.42 Å². The number of benzene rings is 2. The molecule has 0 unspecified atom stereocenters. The molecule has 190 valence electrons. The third-order valence-corrected chi connectivity index (χ3v) is 7.17. The average molecular weight is 512 g/mol. The quantitative estimate of drug-likeness (QED) is 0.464. The van der Waals surface area contributed by atoms with Gasteiger partial charge in [-0.3, -0.25) is 19.3 Å². The van der Waals surface area contributed by atoms with Crippen molar-refractivity contribution in [2.75, 3.05) is 18.1 Å². The summed E-state index contributed by atoms with van der Waals surface area (Å²) >= 11 is 0. The molecule has 4 rings (SSSR count). The number of ether oxygens (including phenoxy) is 2. The molecule has 0 saturated heterocycles. The minimum absolute atomic E-state index is 0.0762. The van der Waals surface area contributed by atoms with Gasteiger partial charge < -0.3 is 14.4 Å². The number of aryl methyl sites for hydroxylation is 1. The highest BCUT2D eigenvalue weighted by Crippen LogP contribution is 2.45. The number of amides is 2. The Morgan fingerprint density at radius 1 is 1.11 bits per heavy atom. The molecule has 0 atom stereocenters. The molecule has 3 aromatic rings. The van der Waals surface area contributed by atoms with E-state index in [2.05, 4.69) is 4.98 Å². The lowest BCUT2D eigenvalue weighted by Gasteiger charge is -2.19. The van der Waals surface area contributed by atoms with Crippen molar-refractivity contribution in [2.24, 2.45) is 0 Å². The predicted molar refractivity (Wildman–Crippen MR) is 137 cm³/mol. The molecule has 0 radical (unpaired) electrons. The molecule has 0 fully saturated rings. The van der Waals surface area contributed by atoms with Gasteiger partial charge in [0.15, 0.2) is 5.75 Å². The van der Waals surface area contributed by atoms with E-state index in [0.717, 1.165) is 5.56 Å². The van der Waals surface area contributed by atoms with Crippen molar-refractivity contribution in [3.63, 3.8) is 0 Å². The summed E-state index contributed by atoms with van der Waals surface area (Å²) in [5.74, 6) is -0.0682. The molecule has 0 bridgehead atoms. The molecule has 0 aliphatic carbocycles. The molecule has 2 amide bonds. The Morgan fingerprint density at radius 2 is 1.83 bits per heavy atom. The van der Waals surface area contributed by atoms with E-state index in [1.54, 1.807) is 42.3 Å². The van der Waals surface area contributed by atoms with Crippen LogP contribution in [0.15, 0.2) is 36.5 Å². The van der Waals surface area contributed by atoms with Gasteiger partial charge >= 0.3 is 0 Å². The lowest BCUT2D eigenvalue weighted by Crippen LogP contribution is -2.31. The molecule has 9 nitrogen and oxygen atoms in total. The number of carbonyl (C=O) groups excluding carboxylic acids is 2. The van der Waals surface area contributed by atoms with Crippen molar-refractivity contribution in [3.8, 4) is 11.5 Å². The lowest BCUT2D eigenvalue weighted by molar-refractivity contribution is -0.119. The van der Waals surface area contributed by atoms with Gasteiger partial charge in [0.2, 0.25) is 15.9 Å². The highest BCUT2D eigenvalue weighted by Gasteiger charge is 2.37. The fraction of sp³-hybridized carbons (Fsp3) is 0.346.